The molecule has 30 heavy (non-hydrogen) atoms. The number of thioether (sulfide) groups is 1. The number of carbonyl (C=O) groups excluding carboxylic acids is 3. The summed E-state index contributed by atoms with van der Waals surface area (Å²) in [4.78, 5) is 36.7. The lowest BCUT2D eigenvalue weighted by Gasteiger charge is -2.25. The van der Waals surface area contributed by atoms with Crippen LogP contribution in [0.15, 0.2) is 36.4 Å². The van der Waals surface area contributed by atoms with Crippen LogP contribution in [0.2, 0.25) is 10.0 Å². The molecular formula is C20H19Cl2N3O4S. The Labute approximate surface area is 188 Å². The average Bonchev–Trinajstić information content (AvgIpc) is 3.02. The fourth-order valence-corrected chi connectivity index (χ4v) is 4.63. The summed E-state index contributed by atoms with van der Waals surface area (Å²) in [7, 11) is 0. The molecule has 0 bridgehead atoms. The van der Waals surface area contributed by atoms with E-state index in [-0.39, 0.29) is 23.1 Å². The smallest absolute Gasteiger partial charge is 0.273 e. The third-order valence-electron chi connectivity index (χ3n) is 4.16. The van der Waals surface area contributed by atoms with E-state index in [9.17, 15) is 14.4 Å². The summed E-state index contributed by atoms with van der Waals surface area (Å²) in [6, 6.07) is 9.69. The van der Waals surface area contributed by atoms with Gasteiger partial charge < -0.3 is 10.1 Å². The van der Waals surface area contributed by atoms with Crippen LogP contribution in [0.25, 0.3) is 0 Å². The van der Waals surface area contributed by atoms with E-state index in [0.29, 0.717) is 33.7 Å². The van der Waals surface area contributed by atoms with Gasteiger partial charge in [0.25, 0.3) is 11.8 Å². The van der Waals surface area contributed by atoms with Crippen molar-refractivity contribution < 1.29 is 19.1 Å². The number of ether oxygens (including phenoxy) is 1. The number of anilines is 1. The predicted octanol–water partition coefficient (Wildman–Crippen LogP) is 4.27. The highest BCUT2D eigenvalue weighted by Crippen LogP contribution is 2.41. The lowest BCUT2D eigenvalue weighted by atomic mass is 10.1. The van der Waals surface area contributed by atoms with Gasteiger partial charge in [0.15, 0.2) is 0 Å². The number of hydrazine groups is 1. The van der Waals surface area contributed by atoms with E-state index in [2.05, 4.69) is 10.7 Å². The topological polar surface area (TPSA) is 87.7 Å². The van der Waals surface area contributed by atoms with E-state index in [4.69, 9.17) is 27.9 Å². The number of rotatable bonds is 6. The van der Waals surface area contributed by atoms with E-state index < -0.39 is 11.3 Å². The Kier molecular flexibility index (Phi) is 7.12. The zero-order chi connectivity index (χ0) is 21.8. The highest BCUT2D eigenvalue weighted by Gasteiger charge is 2.36. The van der Waals surface area contributed by atoms with Crippen molar-refractivity contribution in [1.29, 1.82) is 0 Å². The quantitative estimate of drug-likeness (QED) is 0.661. The van der Waals surface area contributed by atoms with Crippen LogP contribution in [-0.4, -0.2) is 35.1 Å². The molecule has 1 saturated heterocycles. The monoisotopic (exact) mass is 467 g/mol. The van der Waals surface area contributed by atoms with Gasteiger partial charge in [-0.1, -0.05) is 29.3 Å². The molecule has 0 spiro atoms. The molecule has 2 N–H and O–H groups in total. The largest absolute Gasteiger partial charge is 0.493 e. The van der Waals surface area contributed by atoms with Gasteiger partial charge in [0, 0.05) is 34.3 Å². The molecule has 2 aromatic rings. The minimum atomic E-state index is -0.515. The van der Waals surface area contributed by atoms with E-state index in [1.807, 2.05) is 0 Å². The maximum Gasteiger partial charge on any atom is 0.273 e. The first-order valence-corrected chi connectivity index (χ1v) is 10.8. The molecule has 1 aliphatic heterocycles. The molecular weight excluding hydrogens is 449 g/mol. The van der Waals surface area contributed by atoms with Gasteiger partial charge in [0.1, 0.15) is 11.1 Å². The van der Waals surface area contributed by atoms with E-state index in [1.165, 1.54) is 29.8 Å². The first kappa shape index (κ1) is 22.3. The first-order valence-electron chi connectivity index (χ1n) is 9.04. The van der Waals surface area contributed by atoms with Crippen molar-refractivity contribution in [2.45, 2.75) is 19.2 Å². The Morgan fingerprint density at radius 1 is 1.23 bits per heavy atom. The number of hydrogen-bond acceptors (Lipinski definition) is 5. The van der Waals surface area contributed by atoms with E-state index in [1.54, 1.807) is 37.3 Å². The van der Waals surface area contributed by atoms with Gasteiger partial charge >= 0.3 is 0 Å². The Morgan fingerprint density at radius 2 is 2.00 bits per heavy atom. The molecule has 10 heteroatoms. The molecule has 2 aromatic carbocycles. The molecule has 1 atom stereocenters. The summed E-state index contributed by atoms with van der Waals surface area (Å²) in [6.07, 6.45) is 0. The fraction of sp³-hybridized carbons (Fsp3) is 0.250. The van der Waals surface area contributed by atoms with Crippen molar-refractivity contribution in [2.24, 2.45) is 0 Å². The minimum Gasteiger partial charge on any atom is -0.493 e. The van der Waals surface area contributed by atoms with Crippen LogP contribution in [0.5, 0.6) is 5.75 Å². The second-order valence-electron chi connectivity index (χ2n) is 6.36. The summed E-state index contributed by atoms with van der Waals surface area (Å²) >= 11 is 13.6. The number of carbonyl (C=O) groups is 3. The molecule has 158 valence electrons. The lowest BCUT2D eigenvalue weighted by Crippen LogP contribution is -2.44. The van der Waals surface area contributed by atoms with Crippen molar-refractivity contribution in [2.75, 3.05) is 17.7 Å². The van der Waals surface area contributed by atoms with Crippen LogP contribution in [0.1, 0.15) is 35.1 Å². The van der Waals surface area contributed by atoms with Crippen molar-refractivity contribution >= 4 is 58.4 Å². The van der Waals surface area contributed by atoms with Gasteiger partial charge in [-0.25, -0.2) is 5.01 Å². The normalized spacial score (nSPS) is 15.8. The van der Waals surface area contributed by atoms with Crippen LogP contribution >= 0.6 is 35.0 Å². The first-order chi connectivity index (χ1) is 14.3. The second-order valence-corrected chi connectivity index (χ2v) is 8.27. The summed E-state index contributed by atoms with van der Waals surface area (Å²) in [5.41, 5.74) is 4.06. The van der Waals surface area contributed by atoms with Gasteiger partial charge in [0.2, 0.25) is 5.91 Å². The molecule has 3 amide bonds. The number of benzene rings is 2. The zero-order valence-electron chi connectivity index (χ0n) is 16.2. The third-order valence-corrected chi connectivity index (χ3v) is 5.92. The predicted molar refractivity (Wildman–Crippen MR) is 118 cm³/mol. The van der Waals surface area contributed by atoms with Crippen LogP contribution < -0.4 is 15.5 Å². The summed E-state index contributed by atoms with van der Waals surface area (Å²) in [5, 5.41) is 4.31. The summed E-state index contributed by atoms with van der Waals surface area (Å²) in [5.74, 6) is -0.515. The van der Waals surface area contributed by atoms with Crippen LogP contribution in [0, 0.1) is 0 Å². The van der Waals surface area contributed by atoms with Gasteiger partial charge in [-0.3, -0.25) is 19.8 Å². The summed E-state index contributed by atoms with van der Waals surface area (Å²) in [6.45, 7) is 3.50. The summed E-state index contributed by atoms with van der Waals surface area (Å²) < 4.78 is 5.56. The molecule has 0 unspecified atom stereocenters. The van der Waals surface area contributed by atoms with Crippen LogP contribution in [0.3, 0.4) is 0 Å². The molecule has 0 aromatic heterocycles. The van der Waals surface area contributed by atoms with Crippen LogP contribution in [-0.2, 0) is 9.59 Å². The van der Waals surface area contributed by atoms with Crippen molar-refractivity contribution in [3.63, 3.8) is 0 Å². The molecule has 0 aliphatic carbocycles. The molecule has 1 aliphatic rings. The van der Waals surface area contributed by atoms with Gasteiger partial charge in [-0.2, -0.15) is 0 Å². The molecule has 1 heterocycles. The second kappa shape index (κ2) is 9.59. The molecule has 0 saturated carbocycles. The Hall–Kier alpha value is -2.42. The van der Waals surface area contributed by atoms with Gasteiger partial charge in [-0.15, -0.1) is 11.8 Å². The van der Waals surface area contributed by atoms with Crippen molar-refractivity contribution in [1.82, 2.24) is 10.4 Å². The average molecular weight is 468 g/mol. The van der Waals surface area contributed by atoms with Gasteiger partial charge in [-0.05, 0) is 31.2 Å². The van der Waals surface area contributed by atoms with Crippen molar-refractivity contribution in [3.8, 4) is 5.75 Å². The van der Waals surface area contributed by atoms with E-state index >= 15 is 0 Å². The third kappa shape index (κ3) is 5.00. The Bertz CT molecular complexity index is 1000. The number of nitrogens with one attached hydrogen (secondary N) is 2. The zero-order valence-corrected chi connectivity index (χ0v) is 18.5. The lowest BCUT2D eigenvalue weighted by molar-refractivity contribution is -0.130. The SMILES string of the molecule is CCOc1cc(NC(C)=O)ccc1C(=O)NN1C(=O)CS[C@@H]1c1ccc(Cl)cc1Cl. The number of amides is 3. The molecule has 3 rings (SSSR count). The molecule has 7 nitrogen and oxygen atoms in total. The molecule has 0 radical (unpaired) electrons. The Morgan fingerprint density at radius 3 is 2.67 bits per heavy atom. The number of halogens is 2. The van der Waals surface area contributed by atoms with Crippen LogP contribution in [0.4, 0.5) is 5.69 Å². The highest BCUT2D eigenvalue weighted by atomic mass is 35.5. The highest BCUT2D eigenvalue weighted by molar-refractivity contribution is 8.00. The Balaban J connectivity index is 1.86. The van der Waals surface area contributed by atoms with Crippen molar-refractivity contribution in [3.05, 3.63) is 57.6 Å². The fourth-order valence-electron chi connectivity index (χ4n) is 2.91. The maximum absolute atomic E-state index is 13.0. The maximum atomic E-state index is 13.0. The standard InChI is InChI=1S/C20H19Cl2N3O4S/c1-3-29-17-9-13(23-11(2)26)5-7-15(17)19(28)24-25-18(27)10-30-20(25)14-6-4-12(21)8-16(14)22/h4-9,20H,3,10H2,1-2H3,(H,23,26)(H,24,28)/t20-/m1/s1. The number of hydrogen-bond donors (Lipinski definition) is 2. The van der Waals surface area contributed by atoms with Gasteiger partial charge in [0.05, 0.1) is 17.9 Å². The molecule has 1 fully saturated rings. The van der Waals surface area contributed by atoms with E-state index in [0.717, 1.165) is 0 Å². The minimum absolute atomic E-state index is 0.198. The number of nitrogens with zero attached hydrogens (tertiary/aromatic N) is 1.